The standard InChI is InChI=1S/C20H16ClF6N5O2/c1-31-18(15(20(25,26)27)17(30-31)34-9-19(22,23)24)32-8-11(7-28-32)10-2-5-14(21)13(6-10)16(33)29-12-3-4-12/h2,5-8,12H,3-4,9H2,1H3,(H,29,33). The first-order valence-electron chi connectivity index (χ1n) is 9.83. The Balaban J connectivity index is 1.69. The highest BCUT2D eigenvalue weighted by Gasteiger charge is 2.43. The molecule has 182 valence electrons. The van der Waals surface area contributed by atoms with Gasteiger partial charge in [0.15, 0.2) is 18.0 Å². The number of ether oxygens (including phenoxy) is 1. The Bertz CT molecular complexity index is 1230. The Hall–Kier alpha value is -3.22. The monoisotopic (exact) mass is 507 g/mol. The summed E-state index contributed by atoms with van der Waals surface area (Å²) in [5.74, 6) is -2.24. The number of nitrogens with zero attached hydrogens (tertiary/aromatic N) is 4. The van der Waals surface area contributed by atoms with Crippen LogP contribution in [0.1, 0.15) is 28.8 Å². The van der Waals surface area contributed by atoms with Crippen LogP contribution in [0.2, 0.25) is 5.02 Å². The van der Waals surface area contributed by atoms with Crippen molar-refractivity contribution in [2.24, 2.45) is 7.05 Å². The van der Waals surface area contributed by atoms with Crippen LogP contribution in [0, 0.1) is 0 Å². The van der Waals surface area contributed by atoms with E-state index in [-0.39, 0.29) is 22.5 Å². The lowest BCUT2D eigenvalue weighted by Crippen LogP contribution is -2.25. The number of carbonyl (C=O) groups is 1. The van der Waals surface area contributed by atoms with E-state index in [1.165, 1.54) is 24.5 Å². The average molecular weight is 508 g/mol. The molecule has 1 fully saturated rings. The summed E-state index contributed by atoms with van der Waals surface area (Å²) in [6.07, 6.45) is -5.71. The molecule has 2 aromatic heterocycles. The van der Waals surface area contributed by atoms with Gasteiger partial charge in [0.05, 0.1) is 16.8 Å². The minimum absolute atomic E-state index is 0.0920. The van der Waals surface area contributed by atoms with E-state index in [4.69, 9.17) is 11.6 Å². The summed E-state index contributed by atoms with van der Waals surface area (Å²) < 4.78 is 84.5. The predicted octanol–water partition coefficient (Wildman–Crippen LogP) is 4.78. The fourth-order valence-electron chi connectivity index (χ4n) is 3.21. The van der Waals surface area contributed by atoms with Gasteiger partial charge >= 0.3 is 12.4 Å². The minimum Gasteiger partial charge on any atom is -0.466 e. The molecule has 14 heteroatoms. The van der Waals surface area contributed by atoms with Crippen LogP contribution in [0.3, 0.4) is 0 Å². The van der Waals surface area contributed by atoms with Crippen LogP contribution < -0.4 is 10.1 Å². The Labute approximate surface area is 193 Å². The molecule has 0 unspecified atom stereocenters. The van der Waals surface area contributed by atoms with Gasteiger partial charge in [0.25, 0.3) is 5.91 Å². The molecule has 7 nitrogen and oxygen atoms in total. The van der Waals surface area contributed by atoms with E-state index in [0.717, 1.165) is 29.3 Å². The molecule has 3 aromatic rings. The van der Waals surface area contributed by atoms with Gasteiger partial charge in [-0.05, 0) is 30.5 Å². The van der Waals surface area contributed by atoms with Crippen molar-refractivity contribution in [2.75, 3.05) is 6.61 Å². The smallest absolute Gasteiger partial charge is 0.425 e. The molecule has 0 aliphatic heterocycles. The maximum Gasteiger partial charge on any atom is 0.425 e. The van der Waals surface area contributed by atoms with Crippen molar-refractivity contribution in [1.82, 2.24) is 24.9 Å². The third kappa shape index (κ3) is 5.13. The molecule has 0 atom stereocenters. The van der Waals surface area contributed by atoms with Gasteiger partial charge in [-0.25, -0.2) is 9.36 Å². The molecule has 4 rings (SSSR count). The third-order valence-electron chi connectivity index (χ3n) is 4.90. The highest BCUT2D eigenvalue weighted by atomic mass is 35.5. The zero-order valence-electron chi connectivity index (χ0n) is 17.3. The van der Waals surface area contributed by atoms with Gasteiger partial charge in [0.2, 0.25) is 5.88 Å². The fourth-order valence-corrected chi connectivity index (χ4v) is 3.41. The Morgan fingerprint density at radius 2 is 1.91 bits per heavy atom. The van der Waals surface area contributed by atoms with Gasteiger partial charge in [-0.1, -0.05) is 17.7 Å². The normalized spacial score (nSPS) is 14.4. The van der Waals surface area contributed by atoms with Gasteiger partial charge in [-0.15, -0.1) is 5.10 Å². The van der Waals surface area contributed by atoms with Crippen LogP contribution in [-0.2, 0) is 13.2 Å². The van der Waals surface area contributed by atoms with E-state index < -0.39 is 36.2 Å². The van der Waals surface area contributed by atoms with Crippen molar-refractivity contribution in [1.29, 1.82) is 0 Å². The molecule has 1 aromatic carbocycles. The number of halogens is 7. The van der Waals surface area contributed by atoms with E-state index >= 15 is 0 Å². The maximum atomic E-state index is 13.7. The van der Waals surface area contributed by atoms with Crippen LogP contribution in [0.5, 0.6) is 5.88 Å². The number of aryl methyl sites for hydroxylation is 1. The SMILES string of the molecule is Cn1nc(OCC(F)(F)F)c(C(F)(F)F)c1-n1cc(-c2ccc(Cl)c(C(=O)NC3CC3)c2)cn1. The zero-order chi connectivity index (χ0) is 24.8. The lowest BCUT2D eigenvalue weighted by Gasteiger charge is -2.12. The average Bonchev–Trinajstić information content (AvgIpc) is 3.28. The van der Waals surface area contributed by atoms with Gasteiger partial charge in [0, 0.05) is 24.8 Å². The van der Waals surface area contributed by atoms with Crippen LogP contribution in [0.25, 0.3) is 16.9 Å². The van der Waals surface area contributed by atoms with Crippen molar-refractivity contribution in [3.05, 3.63) is 46.7 Å². The number of amides is 1. The minimum atomic E-state index is -5.08. The van der Waals surface area contributed by atoms with Crippen LogP contribution >= 0.6 is 11.6 Å². The fraction of sp³-hybridized carbons (Fsp3) is 0.350. The first-order valence-corrected chi connectivity index (χ1v) is 10.2. The number of alkyl halides is 6. The second kappa shape index (κ2) is 8.53. The topological polar surface area (TPSA) is 74.0 Å². The maximum absolute atomic E-state index is 13.7. The van der Waals surface area contributed by atoms with Crippen molar-refractivity contribution < 1.29 is 35.9 Å². The molecular weight excluding hydrogens is 492 g/mol. The molecule has 1 aliphatic rings. The number of hydrogen-bond acceptors (Lipinski definition) is 4. The van der Waals surface area contributed by atoms with Gasteiger partial charge in [-0.3, -0.25) is 4.79 Å². The number of benzene rings is 1. The highest BCUT2D eigenvalue weighted by Crippen LogP contribution is 2.40. The van der Waals surface area contributed by atoms with Gasteiger partial charge < -0.3 is 10.1 Å². The highest BCUT2D eigenvalue weighted by molar-refractivity contribution is 6.34. The number of rotatable bonds is 6. The number of aromatic nitrogens is 4. The molecule has 1 N–H and O–H groups in total. The summed E-state index contributed by atoms with van der Waals surface area (Å²) >= 11 is 6.13. The van der Waals surface area contributed by atoms with Gasteiger partial charge in [0.1, 0.15) is 0 Å². The molecule has 0 bridgehead atoms. The van der Waals surface area contributed by atoms with Gasteiger partial charge in [-0.2, -0.15) is 31.4 Å². The summed E-state index contributed by atoms with van der Waals surface area (Å²) in [5.41, 5.74) is -0.530. The lowest BCUT2D eigenvalue weighted by atomic mass is 10.1. The molecule has 0 spiro atoms. The van der Waals surface area contributed by atoms with Crippen LogP contribution in [-0.4, -0.2) is 44.3 Å². The number of carbonyl (C=O) groups excluding carboxylic acids is 1. The molecule has 0 radical (unpaired) electrons. The second-order valence-corrected chi connectivity index (χ2v) is 8.05. The largest absolute Gasteiger partial charge is 0.466 e. The Kier molecular flexibility index (Phi) is 6.00. The summed E-state index contributed by atoms with van der Waals surface area (Å²) in [7, 11) is 1.12. The second-order valence-electron chi connectivity index (χ2n) is 7.64. The van der Waals surface area contributed by atoms with Crippen LogP contribution in [0.4, 0.5) is 26.3 Å². The first-order chi connectivity index (χ1) is 15.8. The number of nitrogens with one attached hydrogen (secondary N) is 1. The molecular formula is C20H16ClF6N5O2. The van der Waals surface area contributed by atoms with Crippen molar-refractivity contribution in [2.45, 2.75) is 31.2 Å². The third-order valence-corrected chi connectivity index (χ3v) is 5.23. The quantitative estimate of drug-likeness (QED) is 0.487. The van der Waals surface area contributed by atoms with E-state index in [9.17, 15) is 31.1 Å². The lowest BCUT2D eigenvalue weighted by molar-refractivity contribution is -0.159. The van der Waals surface area contributed by atoms with Crippen molar-refractivity contribution in [3.8, 4) is 22.8 Å². The first kappa shape index (κ1) is 23.9. The van der Waals surface area contributed by atoms with Crippen molar-refractivity contribution in [3.63, 3.8) is 0 Å². The molecule has 2 heterocycles. The summed E-state index contributed by atoms with van der Waals surface area (Å²) in [6, 6.07) is 4.61. The Morgan fingerprint density at radius 1 is 1.21 bits per heavy atom. The van der Waals surface area contributed by atoms with E-state index in [0.29, 0.717) is 11.1 Å². The van der Waals surface area contributed by atoms with E-state index in [2.05, 4.69) is 20.3 Å². The summed E-state index contributed by atoms with van der Waals surface area (Å²) in [4.78, 5) is 12.4. The number of hydrogen-bond donors (Lipinski definition) is 1. The van der Waals surface area contributed by atoms with E-state index in [1.807, 2.05) is 0 Å². The summed E-state index contributed by atoms with van der Waals surface area (Å²) in [5, 5.41) is 10.4. The van der Waals surface area contributed by atoms with Crippen molar-refractivity contribution >= 4 is 17.5 Å². The summed E-state index contributed by atoms with van der Waals surface area (Å²) in [6.45, 7) is -1.94. The molecule has 34 heavy (non-hydrogen) atoms. The molecule has 1 saturated carbocycles. The Morgan fingerprint density at radius 3 is 2.53 bits per heavy atom. The zero-order valence-corrected chi connectivity index (χ0v) is 18.1. The molecule has 0 saturated heterocycles. The van der Waals surface area contributed by atoms with Crippen LogP contribution in [0.15, 0.2) is 30.6 Å². The molecule has 1 aliphatic carbocycles. The molecule has 1 amide bonds. The predicted molar refractivity (Wildman–Crippen MR) is 108 cm³/mol. The van der Waals surface area contributed by atoms with E-state index in [1.54, 1.807) is 6.07 Å².